The van der Waals surface area contributed by atoms with Gasteiger partial charge in [0.1, 0.15) is 5.76 Å². The van der Waals surface area contributed by atoms with E-state index < -0.39 is 0 Å². The zero-order valence-electron chi connectivity index (χ0n) is 12.3. The van der Waals surface area contributed by atoms with E-state index in [2.05, 4.69) is 30.1 Å². The van der Waals surface area contributed by atoms with E-state index in [4.69, 9.17) is 9.15 Å². The minimum atomic E-state index is 0.407. The third kappa shape index (κ3) is 4.34. The second kappa shape index (κ2) is 7.08. The first kappa shape index (κ1) is 14.6. The standard InChI is InChI=1S/C15H26N2O2/c1-4-17(12(2)11-18-3)10-15-13(7-8-19-15)9-16-14-5-6-14/h7-8,12,14,16H,4-6,9-11H2,1-3H3. The van der Waals surface area contributed by atoms with Gasteiger partial charge < -0.3 is 14.5 Å². The minimum Gasteiger partial charge on any atom is -0.468 e. The Morgan fingerprint density at radius 3 is 2.95 bits per heavy atom. The van der Waals surface area contributed by atoms with Crippen LogP contribution in [0.3, 0.4) is 0 Å². The zero-order valence-corrected chi connectivity index (χ0v) is 12.3. The molecule has 0 amide bonds. The largest absolute Gasteiger partial charge is 0.468 e. The van der Waals surface area contributed by atoms with Gasteiger partial charge in [0.2, 0.25) is 0 Å². The first-order valence-electron chi connectivity index (χ1n) is 7.26. The quantitative estimate of drug-likeness (QED) is 0.745. The molecule has 1 aliphatic carbocycles. The lowest BCUT2D eigenvalue weighted by molar-refractivity contribution is 0.0933. The van der Waals surface area contributed by atoms with Crippen LogP contribution in [0.2, 0.25) is 0 Å². The van der Waals surface area contributed by atoms with Crippen molar-refractivity contribution >= 4 is 0 Å². The first-order chi connectivity index (χ1) is 9.24. The molecule has 1 atom stereocenters. The van der Waals surface area contributed by atoms with E-state index in [9.17, 15) is 0 Å². The third-order valence-corrected chi connectivity index (χ3v) is 3.78. The Morgan fingerprint density at radius 1 is 1.53 bits per heavy atom. The van der Waals surface area contributed by atoms with Crippen LogP contribution >= 0.6 is 0 Å². The van der Waals surface area contributed by atoms with Crippen molar-refractivity contribution in [3.63, 3.8) is 0 Å². The maximum atomic E-state index is 5.66. The first-order valence-corrected chi connectivity index (χ1v) is 7.26. The van der Waals surface area contributed by atoms with Crippen LogP contribution in [0.4, 0.5) is 0 Å². The molecule has 0 radical (unpaired) electrons. The Morgan fingerprint density at radius 2 is 2.32 bits per heavy atom. The van der Waals surface area contributed by atoms with Crippen LogP contribution in [0, 0.1) is 0 Å². The Kier molecular flexibility index (Phi) is 5.43. The van der Waals surface area contributed by atoms with E-state index in [1.807, 2.05) is 0 Å². The Hall–Kier alpha value is -0.840. The Labute approximate surface area is 116 Å². The predicted octanol–water partition coefficient (Wildman–Crippen LogP) is 2.39. The van der Waals surface area contributed by atoms with Gasteiger partial charge in [0, 0.05) is 31.3 Å². The van der Waals surface area contributed by atoms with Gasteiger partial charge in [0.05, 0.1) is 19.4 Å². The Balaban J connectivity index is 1.90. The second-order valence-electron chi connectivity index (χ2n) is 5.39. The summed E-state index contributed by atoms with van der Waals surface area (Å²) in [6.07, 6.45) is 4.44. The van der Waals surface area contributed by atoms with Crippen molar-refractivity contribution in [2.24, 2.45) is 0 Å². The van der Waals surface area contributed by atoms with Crippen LogP contribution < -0.4 is 5.32 Å². The lowest BCUT2D eigenvalue weighted by Crippen LogP contribution is -2.35. The van der Waals surface area contributed by atoms with E-state index in [-0.39, 0.29) is 0 Å². The number of rotatable bonds is 9. The molecule has 4 nitrogen and oxygen atoms in total. The predicted molar refractivity (Wildman–Crippen MR) is 76.0 cm³/mol. The number of ether oxygens (including phenoxy) is 1. The molecule has 1 aromatic heterocycles. The molecule has 1 N–H and O–H groups in total. The van der Waals surface area contributed by atoms with Crippen molar-refractivity contribution in [1.82, 2.24) is 10.2 Å². The van der Waals surface area contributed by atoms with Crippen LogP contribution in [0.1, 0.15) is 38.0 Å². The van der Waals surface area contributed by atoms with Gasteiger partial charge in [0.15, 0.2) is 0 Å². The summed E-state index contributed by atoms with van der Waals surface area (Å²) in [5.74, 6) is 1.08. The molecule has 108 valence electrons. The van der Waals surface area contributed by atoms with Crippen LogP contribution in [-0.2, 0) is 17.8 Å². The summed E-state index contributed by atoms with van der Waals surface area (Å²) in [5, 5.41) is 3.54. The summed E-state index contributed by atoms with van der Waals surface area (Å²) in [4.78, 5) is 2.38. The topological polar surface area (TPSA) is 37.6 Å². The lowest BCUT2D eigenvalue weighted by atomic mass is 10.2. The van der Waals surface area contributed by atoms with Gasteiger partial charge in [-0.15, -0.1) is 0 Å². The highest BCUT2D eigenvalue weighted by Crippen LogP contribution is 2.21. The van der Waals surface area contributed by atoms with Crippen molar-refractivity contribution in [3.8, 4) is 0 Å². The Bertz CT molecular complexity index is 374. The van der Waals surface area contributed by atoms with E-state index in [1.165, 1.54) is 18.4 Å². The molecule has 4 heteroatoms. The summed E-state index contributed by atoms with van der Waals surface area (Å²) in [6.45, 7) is 7.91. The monoisotopic (exact) mass is 266 g/mol. The molecule has 1 unspecified atom stereocenters. The fraction of sp³-hybridized carbons (Fsp3) is 0.733. The third-order valence-electron chi connectivity index (χ3n) is 3.78. The molecule has 1 saturated carbocycles. The van der Waals surface area contributed by atoms with Gasteiger partial charge in [-0.3, -0.25) is 4.90 Å². The summed E-state index contributed by atoms with van der Waals surface area (Å²) in [5.41, 5.74) is 1.29. The molecule has 0 saturated heterocycles. The maximum absolute atomic E-state index is 5.66. The SMILES string of the molecule is CCN(Cc1occc1CNC1CC1)C(C)COC. The highest BCUT2D eigenvalue weighted by Gasteiger charge is 2.21. The summed E-state index contributed by atoms with van der Waals surface area (Å²) >= 11 is 0. The minimum absolute atomic E-state index is 0.407. The van der Waals surface area contributed by atoms with E-state index in [1.54, 1.807) is 13.4 Å². The summed E-state index contributed by atoms with van der Waals surface area (Å²) in [6, 6.07) is 3.22. The van der Waals surface area contributed by atoms with Gasteiger partial charge in [-0.25, -0.2) is 0 Å². The molecule has 1 aliphatic rings. The fourth-order valence-electron chi connectivity index (χ4n) is 2.32. The van der Waals surface area contributed by atoms with Crippen LogP contribution in [-0.4, -0.2) is 37.2 Å². The number of hydrogen-bond donors (Lipinski definition) is 1. The number of furan rings is 1. The highest BCUT2D eigenvalue weighted by atomic mass is 16.5. The van der Waals surface area contributed by atoms with Gasteiger partial charge in [-0.1, -0.05) is 6.92 Å². The second-order valence-corrected chi connectivity index (χ2v) is 5.39. The fourth-order valence-corrected chi connectivity index (χ4v) is 2.32. The average Bonchev–Trinajstić information content (AvgIpc) is 3.13. The summed E-state index contributed by atoms with van der Waals surface area (Å²) in [7, 11) is 1.75. The van der Waals surface area contributed by atoms with Gasteiger partial charge in [-0.2, -0.15) is 0 Å². The van der Waals surface area contributed by atoms with Crippen molar-refractivity contribution in [1.29, 1.82) is 0 Å². The van der Waals surface area contributed by atoms with Crippen molar-refractivity contribution < 1.29 is 9.15 Å². The molecule has 1 heterocycles. The van der Waals surface area contributed by atoms with Gasteiger partial charge >= 0.3 is 0 Å². The normalized spacial score (nSPS) is 17.1. The number of methoxy groups -OCH3 is 1. The number of nitrogens with zero attached hydrogens (tertiary/aromatic N) is 1. The molecule has 1 fully saturated rings. The molecular weight excluding hydrogens is 240 g/mol. The zero-order chi connectivity index (χ0) is 13.7. The molecule has 1 aromatic rings. The number of likely N-dealkylation sites (N-methyl/N-ethyl adjacent to an activating group) is 1. The van der Waals surface area contributed by atoms with Crippen LogP contribution in [0.5, 0.6) is 0 Å². The van der Waals surface area contributed by atoms with E-state index in [0.29, 0.717) is 6.04 Å². The van der Waals surface area contributed by atoms with E-state index >= 15 is 0 Å². The molecule has 19 heavy (non-hydrogen) atoms. The summed E-state index contributed by atoms with van der Waals surface area (Å²) < 4.78 is 10.9. The van der Waals surface area contributed by atoms with Crippen molar-refractivity contribution in [2.45, 2.75) is 51.9 Å². The van der Waals surface area contributed by atoms with Crippen molar-refractivity contribution in [3.05, 3.63) is 23.7 Å². The average molecular weight is 266 g/mol. The lowest BCUT2D eigenvalue weighted by Gasteiger charge is -2.26. The molecule has 0 spiro atoms. The van der Waals surface area contributed by atoms with Gasteiger partial charge in [0.25, 0.3) is 0 Å². The van der Waals surface area contributed by atoms with Gasteiger partial charge in [-0.05, 0) is 32.4 Å². The smallest absolute Gasteiger partial charge is 0.122 e. The molecular formula is C15H26N2O2. The highest BCUT2D eigenvalue weighted by molar-refractivity contribution is 5.17. The van der Waals surface area contributed by atoms with Crippen molar-refractivity contribution in [2.75, 3.05) is 20.3 Å². The molecule has 0 aromatic carbocycles. The molecule has 0 bridgehead atoms. The molecule has 2 rings (SSSR count). The van der Waals surface area contributed by atoms with E-state index in [0.717, 1.165) is 38.0 Å². The van der Waals surface area contributed by atoms with Crippen LogP contribution in [0.25, 0.3) is 0 Å². The number of nitrogens with one attached hydrogen (secondary N) is 1. The number of hydrogen-bond acceptors (Lipinski definition) is 4. The van der Waals surface area contributed by atoms with Crippen LogP contribution in [0.15, 0.2) is 16.7 Å². The maximum Gasteiger partial charge on any atom is 0.122 e. The molecule has 0 aliphatic heterocycles.